The standard InChI is InChI=1S/C12H13ClN2O2/c1-8(7-16-2)17-12-10-6-4-3-5-9(10)11(13)14-15-12/h3-6,8H,7H2,1-2H3. The van der Waals surface area contributed by atoms with E-state index in [1.807, 2.05) is 31.2 Å². The van der Waals surface area contributed by atoms with Crippen molar-refractivity contribution in [1.29, 1.82) is 0 Å². The molecule has 0 radical (unpaired) electrons. The van der Waals surface area contributed by atoms with Crippen LogP contribution in [0.3, 0.4) is 0 Å². The Labute approximate surface area is 105 Å². The van der Waals surface area contributed by atoms with Crippen LogP contribution in [0.2, 0.25) is 5.15 Å². The lowest BCUT2D eigenvalue weighted by molar-refractivity contribution is 0.0894. The fourth-order valence-electron chi connectivity index (χ4n) is 1.59. The molecule has 1 atom stereocenters. The van der Waals surface area contributed by atoms with Crippen molar-refractivity contribution in [3.8, 4) is 5.88 Å². The summed E-state index contributed by atoms with van der Waals surface area (Å²) >= 11 is 5.97. The van der Waals surface area contributed by atoms with E-state index in [9.17, 15) is 0 Å². The first-order valence-electron chi connectivity index (χ1n) is 5.29. The first kappa shape index (κ1) is 12.1. The number of aromatic nitrogens is 2. The van der Waals surface area contributed by atoms with Crippen LogP contribution in [0.15, 0.2) is 24.3 Å². The fraction of sp³-hybridized carbons (Fsp3) is 0.333. The van der Waals surface area contributed by atoms with Crippen molar-refractivity contribution in [2.24, 2.45) is 0 Å². The zero-order valence-corrected chi connectivity index (χ0v) is 10.4. The predicted octanol–water partition coefficient (Wildman–Crippen LogP) is 2.70. The molecule has 17 heavy (non-hydrogen) atoms. The largest absolute Gasteiger partial charge is 0.471 e. The van der Waals surface area contributed by atoms with Gasteiger partial charge in [0.1, 0.15) is 6.10 Å². The molecule has 90 valence electrons. The van der Waals surface area contributed by atoms with Crippen LogP contribution < -0.4 is 4.74 Å². The minimum atomic E-state index is -0.0844. The van der Waals surface area contributed by atoms with Crippen molar-refractivity contribution in [3.05, 3.63) is 29.4 Å². The molecule has 1 heterocycles. The fourth-order valence-corrected chi connectivity index (χ4v) is 1.80. The van der Waals surface area contributed by atoms with Gasteiger partial charge in [-0.15, -0.1) is 10.2 Å². The molecule has 0 amide bonds. The number of hydrogen-bond donors (Lipinski definition) is 0. The van der Waals surface area contributed by atoms with Crippen LogP contribution in [-0.2, 0) is 4.74 Å². The highest BCUT2D eigenvalue weighted by Gasteiger charge is 2.11. The maximum atomic E-state index is 5.97. The molecule has 0 aliphatic heterocycles. The minimum absolute atomic E-state index is 0.0844. The molecule has 0 N–H and O–H groups in total. The average Bonchev–Trinajstić information content (AvgIpc) is 2.34. The smallest absolute Gasteiger partial charge is 0.241 e. The summed E-state index contributed by atoms with van der Waals surface area (Å²) < 4.78 is 10.7. The SMILES string of the molecule is COCC(C)Oc1nnc(Cl)c2ccccc12. The monoisotopic (exact) mass is 252 g/mol. The summed E-state index contributed by atoms with van der Waals surface area (Å²) in [4.78, 5) is 0. The Morgan fingerprint density at radius 1 is 1.24 bits per heavy atom. The molecule has 0 spiro atoms. The van der Waals surface area contributed by atoms with Crippen LogP contribution in [0, 0.1) is 0 Å². The Kier molecular flexibility index (Phi) is 3.76. The highest BCUT2D eigenvalue weighted by molar-refractivity contribution is 6.34. The van der Waals surface area contributed by atoms with Crippen LogP contribution in [0.25, 0.3) is 10.8 Å². The first-order chi connectivity index (χ1) is 8.22. The van der Waals surface area contributed by atoms with E-state index in [1.165, 1.54) is 0 Å². The summed E-state index contributed by atoms with van der Waals surface area (Å²) in [6.07, 6.45) is -0.0844. The molecule has 5 heteroatoms. The summed E-state index contributed by atoms with van der Waals surface area (Å²) in [7, 11) is 1.63. The molecule has 0 fully saturated rings. The molecule has 1 unspecified atom stereocenters. The third-order valence-corrected chi connectivity index (χ3v) is 2.60. The van der Waals surface area contributed by atoms with Gasteiger partial charge >= 0.3 is 0 Å². The van der Waals surface area contributed by atoms with Gasteiger partial charge in [-0.25, -0.2) is 0 Å². The summed E-state index contributed by atoms with van der Waals surface area (Å²) in [5, 5.41) is 9.91. The number of hydrogen-bond acceptors (Lipinski definition) is 4. The quantitative estimate of drug-likeness (QED) is 0.839. The maximum Gasteiger partial charge on any atom is 0.241 e. The van der Waals surface area contributed by atoms with Crippen molar-refractivity contribution >= 4 is 22.4 Å². The molecule has 0 aliphatic rings. The van der Waals surface area contributed by atoms with Crippen molar-refractivity contribution in [2.45, 2.75) is 13.0 Å². The number of ether oxygens (including phenoxy) is 2. The van der Waals surface area contributed by atoms with Gasteiger partial charge in [0.05, 0.1) is 6.61 Å². The Morgan fingerprint density at radius 3 is 2.65 bits per heavy atom. The van der Waals surface area contributed by atoms with E-state index in [1.54, 1.807) is 7.11 Å². The summed E-state index contributed by atoms with van der Waals surface area (Å²) in [5.41, 5.74) is 0. The molecule has 0 saturated carbocycles. The molecule has 1 aromatic carbocycles. The van der Waals surface area contributed by atoms with Crippen LogP contribution in [0.1, 0.15) is 6.92 Å². The number of fused-ring (bicyclic) bond motifs is 1. The lowest BCUT2D eigenvalue weighted by Gasteiger charge is -2.13. The molecule has 2 aromatic rings. The molecule has 0 aliphatic carbocycles. The topological polar surface area (TPSA) is 44.2 Å². The van der Waals surface area contributed by atoms with Gasteiger partial charge in [-0.2, -0.15) is 0 Å². The van der Waals surface area contributed by atoms with Gasteiger partial charge in [-0.1, -0.05) is 29.8 Å². The van der Waals surface area contributed by atoms with Gasteiger partial charge in [0, 0.05) is 17.9 Å². The van der Waals surface area contributed by atoms with Crippen LogP contribution in [0.4, 0.5) is 0 Å². The summed E-state index contributed by atoms with van der Waals surface area (Å²) in [6.45, 7) is 2.41. The number of nitrogens with zero attached hydrogens (tertiary/aromatic N) is 2. The summed E-state index contributed by atoms with van der Waals surface area (Å²) in [5.74, 6) is 0.481. The third kappa shape index (κ3) is 2.65. The molecular weight excluding hydrogens is 240 g/mol. The first-order valence-corrected chi connectivity index (χ1v) is 5.66. The van der Waals surface area contributed by atoms with E-state index in [-0.39, 0.29) is 6.10 Å². The molecule has 2 rings (SSSR count). The highest BCUT2D eigenvalue weighted by Crippen LogP contribution is 2.27. The van der Waals surface area contributed by atoms with Crippen LogP contribution >= 0.6 is 11.6 Å². The van der Waals surface area contributed by atoms with E-state index in [4.69, 9.17) is 21.1 Å². The zero-order valence-electron chi connectivity index (χ0n) is 9.68. The lowest BCUT2D eigenvalue weighted by Crippen LogP contribution is -2.19. The number of benzene rings is 1. The number of methoxy groups -OCH3 is 1. The van der Waals surface area contributed by atoms with Gasteiger partial charge in [-0.05, 0) is 13.0 Å². The number of rotatable bonds is 4. The van der Waals surface area contributed by atoms with Crippen molar-refractivity contribution < 1.29 is 9.47 Å². The molecular formula is C12H13ClN2O2. The number of halogens is 1. The molecule has 0 bridgehead atoms. The lowest BCUT2D eigenvalue weighted by atomic mass is 10.2. The van der Waals surface area contributed by atoms with Crippen molar-refractivity contribution in [1.82, 2.24) is 10.2 Å². The van der Waals surface area contributed by atoms with E-state index < -0.39 is 0 Å². The van der Waals surface area contributed by atoms with E-state index in [0.29, 0.717) is 17.6 Å². The molecule has 1 aromatic heterocycles. The van der Waals surface area contributed by atoms with Crippen LogP contribution in [0.5, 0.6) is 5.88 Å². The van der Waals surface area contributed by atoms with Gasteiger partial charge < -0.3 is 9.47 Å². The second-order valence-corrected chi connectivity index (χ2v) is 4.08. The maximum absolute atomic E-state index is 5.97. The normalized spacial score (nSPS) is 12.6. The van der Waals surface area contributed by atoms with Crippen LogP contribution in [-0.4, -0.2) is 30.0 Å². The Balaban J connectivity index is 2.38. The second kappa shape index (κ2) is 5.29. The predicted molar refractivity (Wildman–Crippen MR) is 66.5 cm³/mol. The Morgan fingerprint density at radius 2 is 1.94 bits per heavy atom. The van der Waals surface area contributed by atoms with E-state index in [2.05, 4.69) is 10.2 Å². The van der Waals surface area contributed by atoms with Crippen molar-refractivity contribution in [2.75, 3.05) is 13.7 Å². The zero-order chi connectivity index (χ0) is 12.3. The second-order valence-electron chi connectivity index (χ2n) is 3.73. The average molecular weight is 253 g/mol. The van der Waals surface area contributed by atoms with Crippen molar-refractivity contribution in [3.63, 3.8) is 0 Å². The van der Waals surface area contributed by atoms with Gasteiger partial charge in [0.15, 0.2) is 5.15 Å². The van der Waals surface area contributed by atoms with E-state index in [0.717, 1.165) is 10.8 Å². The Bertz CT molecular complexity index is 519. The summed E-state index contributed by atoms with van der Waals surface area (Å²) in [6, 6.07) is 7.61. The Hall–Kier alpha value is -1.39. The van der Waals surface area contributed by atoms with Gasteiger partial charge in [-0.3, -0.25) is 0 Å². The van der Waals surface area contributed by atoms with E-state index >= 15 is 0 Å². The molecule has 4 nitrogen and oxygen atoms in total. The third-order valence-electron chi connectivity index (χ3n) is 2.32. The molecule has 0 saturated heterocycles. The minimum Gasteiger partial charge on any atom is -0.471 e. The van der Waals surface area contributed by atoms with Gasteiger partial charge in [0.2, 0.25) is 5.88 Å². The highest BCUT2D eigenvalue weighted by atomic mass is 35.5. The van der Waals surface area contributed by atoms with Gasteiger partial charge in [0.25, 0.3) is 0 Å².